The maximum Gasteiger partial charge on any atom is 0.112 e. The second-order valence-electron chi connectivity index (χ2n) is 4.34. The summed E-state index contributed by atoms with van der Waals surface area (Å²) in [6.07, 6.45) is 1.78. The maximum absolute atomic E-state index is 5.96. The summed E-state index contributed by atoms with van der Waals surface area (Å²) in [6.45, 7) is 2.70. The van der Waals surface area contributed by atoms with Gasteiger partial charge in [0.1, 0.15) is 5.01 Å². The summed E-state index contributed by atoms with van der Waals surface area (Å²) < 4.78 is 0. The average molecular weight is 270 g/mol. The van der Waals surface area contributed by atoms with Crippen LogP contribution in [0.15, 0.2) is 35.8 Å². The summed E-state index contributed by atoms with van der Waals surface area (Å²) in [4.78, 5) is 8.83. The standard InChI is InChI=1S/C14H14N4S/c1-9-8-19-13(18-9)7-17-12-5-4-11(15)10-3-2-6-16-14(10)12/h2-6,8,17H,7,15H2,1H3. The number of anilines is 2. The average Bonchev–Trinajstić information content (AvgIpc) is 2.84. The van der Waals surface area contributed by atoms with Crippen molar-refractivity contribution >= 4 is 33.6 Å². The highest BCUT2D eigenvalue weighted by Crippen LogP contribution is 2.26. The van der Waals surface area contributed by atoms with E-state index in [1.165, 1.54) is 0 Å². The number of aromatic nitrogens is 2. The van der Waals surface area contributed by atoms with Crippen molar-refractivity contribution in [3.05, 3.63) is 46.5 Å². The largest absolute Gasteiger partial charge is 0.398 e. The van der Waals surface area contributed by atoms with Crippen LogP contribution in [0.4, 0.5) is 11.4 Å². The van der Waals surface area contributed by atoms with Gasteiger partial charge >= 0.3 is 0 Å². The SMILES string of the molecule is Cc1csc(CNc2ccc(N)c3cccnc23)n1. The molecule has 0 atom stereocenters. The lowest BCUT2D eigenvalue weighted by atomic mass is 10.1. The molecular weight excluding hydrogens is 256 g/mol. The Balaban J connectivity index is 1.91. The van der Waals surface area contributed by atoms with Gasteiger partial charge in [0.05, 0.1) is 17.7 Å². The summed E-state index contributed by atoms with van der Waals surface area (Å²) in [6, 6.07) is 7.74. The first-order valence-electron chi connectivity index (χ1n) is 6.02. The fourth-order valence-electron chi connectivity index (χ4n) is 1.99. The molecule has 0 unspecified atom stereocenters. The predicted octanol–water partition coefficient (Wildman–Crippen LogP) is 3.19. The van der Waals surface area contributed by atoms with Crippen LogP contribution in [0.3, 0.4) is 0 Å². The molecule has 2 heterocycles. The third-order valence-electron chi connectivity index (χ3n) is 2.90. The van der Waals surface area contributed by atoms with Gasteiger partial charge in [-0.2, -0.15) is 0 Å². The van der Waals surface area contributed by atoms with Gasteiger partial charge < -0.3 is 11.1 Å². The Morgan fingerprint density at radius 2 is 2.21 bits per heavy atom. The molecule has 0 bridgehead atoms. The molecule has 0 saturated heterocycles. The molecule has 96 valence electrons. The zero-order valence-electron chi connectivity index (χ0n) is 10.6. The van der Waals surface area contributed by atoms with E-state index < -0.39 is 0 Å². The number of hydrogen-bond donors (Lipinski definition) is 2. The molecule has 0 aliphatic carbocycles. The van der Waals surface area contributed by atoms with Crippen molar-refractivity contribution in [2.24, 2.45) is 0 Å². The molecule has 5 heteroatoms. The van der Waals surface area contributed by atoms with Crippen LogP contribution in [0.1, 0.15) is 10.7 Å². The Hall–Kier alpha value is -2.14. The molecule has 3 N–H and O–H groups in total. The number of nitrogens with two attached hydrogens (primary N) is 1. The first kappa shape index (κ1) is 11.9. The molecule has 0 aliphatic heterocycles. The molecule has 3 aromatic rings. The number of hydrogen-bond acceptors (Lipinski definition) is 5. The van der Waals surface area contributed by atoms with Gasteiger partial charge in [-0.3, -0.25) is 4.98 Å². The Morgan fingerprint density at radius 1 is 1.32 bits per heavy atom. The van der Waals surface area contributed by atoms with Crippen LogP contribution in [0.25, 0.3) is 10.9 Å². The van der Waals surface area contributed by atoms with E-state index in [2.05, 4.69) is 20.7 Å². The number of fused-ring (bicyclic) bond motifs is 1. The van der Waals surface area contributed by atoms with Gasteiger partial charge in [-0.25, -0.2) is 4.98 Å². The third kappa shape index (κ3) is 2.37. The van der Waals surface area contributed by atoms with E-state index in [0.29, 0.717) is 6.54 Å². The first-order valence-corrected chi connectivity index (χ1v) is 6.90. The van der Waals surface area contributed by atoms with Gasteiger partial charge in [0.15, 0.2) is 0 Å². The van der Waals surface area contributed by atoms with E-state index >= 15 is 0 Å². The van der Waals surface area contributed by atoms with Gasteiger partial charge in [0.25, 0.3) is 0 Å². The van der Waals surface area contributed by atoms with Crippen molar-refractivity contribution in [3.8, 4) is 0 Å². The predicted molar refractivity (Wildman–Crippen MR) is 80.3 cm³/mol. The zero-order chi connectivity index (χ0) is 13.2. The van der Waals surface area contributed by atoms with Crippen LogP contribution in [-0.4, -0.2) is 9.97 Å². The normalized spacial score (nSPS) is 10.8. The monoisotopic (exact) mass is 270 g/mol. The Morgan fingerprint density at radius 3 is 3.00 bits per heavy atom. The van der Waals surface area contributed by atoms with Crippen molar-refractivity contribution in [1.82, 2.24) is 9.97 Å². The maximum atomic E-state index is 5.96. The highest BCUT2D eigenvalue weighted by atomic mass is 32.1. The third-order valence-corrected chi connectivity index (χ3v) is 3.87. The summed E-state index contributed by atoms with van der Waals surface area (Å²) in [5, 5.41) is 7.47. The lowest BCUT2D eigenvalue weighted by Crippen LogP contribution is -2.01. The number of nitrogen functional groups attached to an aromatic ring is 1. The van der Waals surface area contributed by atoms with Gasteiger partial charge in [0.2, 0.25) is 0 Å². The van der Waals surface area contributed by atoms with Crippen LogP contribution < -0.4 is 11.1 Å². The van der Waals surface area contributed by atoms with E-state index in [1.54, 1.807) is 17.5 Å². The Labute approximate surface area is 115 Å². The molecule has 2 aromatic heterocycles. The van der Waals surface area contributed by atoms with Gasteiger partial charge in [0, 0.05) is 28.3 Å². The number of nitrogens with one attached hydrogen (secondary N) is 1. The summed E-state index contributed by atoms with van der Waals surface area (Å²) in [7, 11) is 0. The van der Waals surface area contributed by atoms with Gasteiger partial charge in [-0.1, -0.05) is 0 Å². The van der Waals surface area contributed by atoms with Crippen molar-refractivity contribution in [1.29, 1.82) is 0 Å². The van der Waals surface area contributed by atoms with Crippen molar-refractivity contribution < 1.29 is 0 Å². The number of thiazole rings is 1. The minimum atomic E-state index is 0.702. The second kappa shape index (κ2) is 4.85. The molecule has 0 spiro atoms. The van der Waals surface area contributed by atoms with Crippen LogP contribution in [0.2, 0.25) is 0 Å². The minimum absolute atomic E-state index is 0.702. The van der Waals surface area contributed by atoms with Crippen LogP contribution in [0.5, 0.6) is 0 Å². The Kier molecular flexibility index (Phi) is 3.05. The van der Waals surface area contributed by atoms with Crippen molar-refractivity contribution in [2.75, 3.05) is 11.1 Å². The molecule has 0 aliphatic rings. The van der Waals surface area contributed by atoms with Crippen molar-refractivity contribution in [3.63, 3.8) is 0 Å². The van der Waals surface area contributed by atoms with Crippen LogP contribution >= 0.6 is 11.3 Å². The van der Waals surface area contributed by atoms with E-state index in [4.69, 9.17) is 5.73 Å². The molecule has 19 heavy (non-hydrogen) atoms. The fraction of sp³-hybridized carbons (Fsp3) is 0.143. The quantitative estimate of drug-likeness (QED) is 0.717. The highest BCUT2D eigenvalue weighted by molar-refractivity contribution is 7.09. The number of nitrogens with zero attached hydrogens (tertiary/aromatic N) is 2. The van der Waals surface area contributed by atoms with Gasteiger partial charge in [-0.15, -0.1) is 11.3 Å². The van der Waals surface area contributed by atoms with Crippen molar-refractivity contribution in [2.45, 2.75) is 13.5 Å². The molecular formula is C14H14N4S. The molecule has 3 rings (SSSR count). The lowest BCUT2D eigenvalue weighted by Gasteiger charge is -2.09. The number of benzene rings is 1. The van der Waals surface area contributed by atoms with Crippen LogP contribution in [-0.2, 0) is 6.54 Å². The Bertz CT molecular complexity index is 720. The number of pyridine rings is 1. The topological polar surface area (TPSA) is 63.8 Å². The number of aryl methyl sites for hydroxylation is 1. The second-order valence-corrected chi connectivity index (χ2v) is 5.28. The molecule has 0 amide bonds. The zero-order valence-corrected chi connectivity index (χ0v) is 11.4. The lowest BCUT2D eigenvalue weighted by molar-refractivity contribution is 1.08. The fourth-order valence-corrected chi connectivity index (χ4v) is 2.70. The van der Waals surface area contributed by atoms with E-state index in [9.17, 15) is 0 Å². The van der Waals surface area contributed by atoms with Gasteiger partial charge in [-0.05, 0) is 31.2 Å². The molecule has 0 fully saturated rings. The smallest absolute Gasteiger partial charge is 0.112 e. The molecule has 0 saturated carbocycles. The van der Waals surface area contributed by atoms with Crippen LogP contribution in [0, 0.1) is 6.92 Å². The van der Waals surface area contributed by atoms with E-state index in [-0.39, 0.29) is 0 Å². The molecule has 4 nitrogen and oxygen atoms in total. The molecule has 0 radical (unpaired) electrons. The first-order chi connectivity index (χ1) is 9.24. The minimum Gasteiger partial charge on any atom is -0.398 e. The summed E-state index contributed by atoms with van der Waals surface area (Å²) in [5.41, 5.74) is 9.65. The van der Waals surface area contributed by atoms with E-state index in [0.717, 1.165) is 33.0 Å². The molecule has 1 aromatic carbocycles. The number of rotatable bonds is 3. The summed E-state index contributed by atoms with van der Waals surface area (Å²) >= 11 is 1.66. The van der Waals surface area contributed by atoms with E-state index in [1.807, 2.05) is 31.2 Å². The summed E-state index contributed by atoms with van der Waals surface area (Å²) in [5.74, 6) is 0. The highest BCUT2D eigenvalue weighted by Gasteiger charge is 2.05.